The van der Waals surface area contributed by atoms with Crippen molar-refractivity contribution in [3.63, 3.8) is 0 Å². The highest BCUT2D eigenvalue weighted by molar-refractivity contribution is 6.30. The van der Waals surface area contributed by atoms with Gasteiger partial charge in [0.1, 0.15) is 23.8 Å². The minimum absolute atomic E-state index is 0.0379. The maximum atomic E-state index is 12.0. The first-order chi connectivity index (χ1) is 11.5. The van der Waals surface area contributed by atoms with Crippen LogP contribution in [0.5, 0.6) is 5.75 Å². The molecule has 0 saturated carbocycles. The third kappa shape index (κ3) is 2.93. The number of aryl methyl sites for hydroxylation is 2. The van der Waals surface area contributed by atoms with Gasteiger partial charge < -0.3 is 4.74 Å². The first-order valence-corrected chi connectivity index (χ1v) is 7.04. The number of para-hydroxylation sites is 1. The Morgan fingerprint density at radius 2 is 2.17 bits per heavy atom. The summed E-state index contributed by atoms with van der Waals surface area (Å²) in [6.07, 6.45) is 1.24. The Kier molecular flexibility index (Phi) is 3.73. The molecular weight excluding hydrogens is 320 g/mol. The van der Waals surface area contributed by atoms with Crippen LogP contribution in [0.15, 0.2) is 35.4 Å². The first-order valence-electron chi connectivity index (χ1n) is 7.16. The summed E-state index contributed by atoms with van der Waals surface area (Å²) in [5, 5.41) is 7.58. The Hall–Kier alpha value is -2.74. The van der Waals surface area contributed by atoms with E-state index in [2.05, 4.69) is 20.4 Å². The summed E-state index contributed by atoms with van der Waals surface area (Å²) in [4.78, 5) is 20.0. The molecule has 0 aliphatic carbocycles. The lowest BCUT2D eigenvalue weighted by molar-refractivity contribution is 0.302. The predicted molar refractivity (Wildman–Crippen MR) is 82.7 cm³/mol. The van der Waals surface area contributed by atoms with E-state index >= 15 is 0 Å². The summed E-state index contributed by atoms with van der Waals surface area (Å²) in [6, 6.07) is 5.41. The van der Waals surface area contributed by atoms with Crippen molar-refractivity contribution in [1.82, 2.24) is 29.8 Å². The van der Waals surface area contributed by atoms with Gasteiger partial charge in [0.15, 0.2) is 5.82 Å². The van der Waals surface area contributed by atoms with Crippen molar-refractivity contribution < 1.29 is 6.11 Å². The highest BCUT2D eigenvalue weighted by atomic mass is 35.5. The van der Waals surface area contributed by atoms with Crippen LogP contribution in [-0.4, -0.2) is 29.8 Å². The highest BCUT2D eigenvalue weighted by Gasteiger charge is 2.17. The summed E-state index contributed by atoms with van der Waals surface area (Å²) in [5.41, 5.74) is 0.769. The molecule has 0 bridgehead atoms. The van der Waals surface area contributed by atoms with Gasteiger partial charge in [0.2, 0.25) is 0 Å². The summed E-state index contributed by atoms with van der Waals surface area (Å²) in [6.45, 7) is 1.88. The molecule has 0 aliphatic rings. The van der Waals surface area contributed by atoms with Crippen LogP contribution in [0.25, 0.3) is 5.82 Å². The SMILES string of the molecule is [3H]c1ccc(OCc2c(Cl)ncnc2-n2nnn(C)c2=O)c(C)c1. The van der Waals surface area contributed by atoms with Gasteiger partial charge in [0, 0.05) is 7.05 Å². The van der Waals surface area contributed by atoms with E-state index < -0.39 is 5.69 Å². The molecule has 0 N–H and O–H groups in total. The number of rotatable bonds is 4. The van der Waals surface area contributed by atoms with E-state index in [1.807, 2.05) is 6.92 Å². The Balaban J connectivity index is 1.96. The Morgan fingerprint density at radius 3 is 2.87 bits per heavy atom. The van der Waals surface area contributed by atoms with Crippen LogP contribution >= 0.6 is 11.6 Å². The fourth-order valence-corrected chi connectivity index (χ4v) is 2.13. The molecule has 0 unspecified atom stereocenters. The van der Waals surface area contributed by atoms with Gasteiger partial charge in [-0.3, -0.25) is 0 Å². The van der Waals surface area contributed by atoms with Gasteiger partial charge in [-0.2, -0.15) is 4.68 Å². The lowest BCUT2D eigenvalue weighted by Crippen LogP contribution is -2.24. The van der Waals surface area contributed by atoms with Crippen molar-refractivity contribution in [1.29, 1.82) is 0 Å². The molecule has 2 heterocycles. The fourth-order valence-electron chi connectivity index (χ4n) is 1.95. The van der Waals surface area contributed by atoms with E-state index in [9.17, 15) is 4.79 Å². The summed E-state index contributed by atoms with van der Waals surface area (Å²) >= 11 is 6.14. The van der Waals surface area contributed by atoms with Crippen LogP contribution < -0.4 is 10.4 Å². The van der Waals surface area contributed by atoms with E-state index in [0.717, 1.165) is 14.9 Å². The van der Waals surface area contributed by atoms with Gasteiger partial charge in [-0.15, -0.1) is 4.68 Å². The number of nitrogens with zero attached hydrogens (tertiary/aromatic N) is 6. The molecule has 3 aromatic rings. The lowest BCUT2D eigenvalue weighted by Gasteiger charge is -2.11. The van der Waals surface area contributed by atoms with Crippen molar-refractivity contribution in [3.05, 3.63) is 57.3 Å². The lowest BCUT2D eigenvalue weighted by atomic mass is 10.2. The van der Waals surface area contributed by atoms with Gasteiger partial charge >= 0.3 is 5.69 Å². The molecule has 0 fully saturated rings. The van der Waals surface area contributed by atoms with Crippen LogP contribution in [-0.2, 0) is 13.7 Å². The smallest absolute Gasteiger partial charge is 0.369 e. The third-order valence-corrected chi connectivity index (χ3v) is 3.51. The highest BCUT2D eigenvalue weighted by Crippen LogP contribution is 2.22. The second kappa shape index (κ2) is 6.17. The molecule has 9 heteroatoms. The molecule has 0 aliphatic heterocycles. The fraction of sp³-hybridized carbons (Fsp3) is 0.214. The number of halogens is 1. The van der Waals surface area contributed by atoms with Crippen molar-refractivity contribution in [2.24, 2.45) is 7.05 Å². The van der Waals surface area contributed by atoms with Gasteiger partial charge in [-0.25, -0.2) is 14.8 Å². The summed E-state index contributed by atoms with van der Waals surface area (Å²) < 4.78 is 15.4. The van der Waals surface area contributed by atoms with E-state index in [1.165, 1.54) is 13.4 Å². The minimum Gasteiger partial charge on any atom is -0.488 e. The molecule has 3 rings (SSSR count). The van der Waals surface area contributed by atoms with Crippen LogP contribution in [0.2, 0.25) is 5.15 Å². The molecule has 1 aromatic carbocycles. The molecule has 0 atom stereocenters. The minimum atomic E-state index is -0.458. The maximum Gasteiger partial charge on any atom is 0.369 e. The molecule has 118 valence electrons. The van der Waals surface area contributed by atoms with Gasteiger partial charge in [-0.1, -0.05) is 29.8 Å². The molecule has 0 radical (unpaired) electrons. The topological polar surface area (TPSA) is 87.7 Å². The average molecular weight is 335 g/mol. The molecule has 0 saturated heterocycles. The molecule has 0 amide bonds. The largest absolute Gasteiger partial charge is 0.488 e. The summed E-state index contributed by atoms with van der Waals surface area (Å²) in [5.74, 6) is 0.811. The maximum absolute atomic E-state index is 12.0. The molecular formula is C14H13ClN6O2. The quantitative estimate of drug-likeness (QED) is 0.668. The van der Waals surface area contributed by atoms with Gasteiger partial charge in [0.25, 0.3) is 0 Å². The monoisotopic (exact) mass is 334 g/mol. The number of ether oxygens (including phenoxy) is 1. The van der Waals surface area contributed by atoms with Crippen LogP contribution in [0.3, 0.4) is 0 Å². The second-order valence-corrected chi connectivity index (χ2v) is 5.10. The second-order valence-electron chi connectivity index (χ2n) is 4.74. The number of tetrazole rings is 1. The zero-order chi connectivity index (χ0) is 17.3. The third-order valence-electron chi connectivity index (χ3n) is 3.18. The molecule has 8 nitrogen and oxygen atoms in total. The zero-order valence-corrected chi connectivity index (χ0v) is 13.2. The van der Waals surface area contributed by atoms with Gasteiger partial charge in [-0.05, 0) is 29.0 Å². The molecule has 2 aromatic heterocycles. The van der Waals surface area contributed by atoms with Crippen molar-refractivity contribution in [2.45, 2.75) is 13.5 Å². The Bertz CT molecular complexity index is 955. The van der Waals surface area contributed by atoms with Crippen molar-refractivity contribution in [2.75, 3.05) is 0 Å². The number of aromatic nitrogens is 6. The number of hydrogen-bond acceptors (Lipinski definition) is 6. The van der Waals surface area contributed by atoms with E-state index in [-0.39, 0.29) is 17.6 Å². The molecule has 23 heavy (non-hydrogen) atoms. The summed E-state index contributed by atoms with van der Waals surface area (Å²) in [7, 11) is 1.48. The first kappa shape index (κ1) is 13.9. The van der Waals surface area contributed by atoms with Crippen LogP contribution in [0.4, 0.5) is 0 Å². The molecule has 0 spiro atoms. The van der Waals surface area contributed by atoms with E-state index in [4.69, 9.17) is 17.7 Å². The normalized spacial score (nSPS) is 11.3. The van der Waals surface area contributed by atoms with E-state index in [0.29, 0.717) is 17.4 Å². The Morgan fingerprint density at radius 1 is 1.35 bits per heavy atom. The number of benzene rings is 1. The number of hydrogen-bond donors (Lipinski definition) is 0. The predicted octanol–water partition coefficient (Wildman–Crippen LogP) is 1.30. The van der Waals surface area contributed by atoms with Crippen LogP contribution in [0, 0.1) is 6.92 Å². The Labute approximate surface area is 137 Å². The standard InChI is InChI=1S/C14H13ClN6O2/c1-9-5-3-4-6-11(9)23-7-10-12(15)16-8-17-13(10)21-14(22)20(2)18-19-21/h3-6,8H,7H2,1-2H3/i3T. The van der Waals surface area contributed by atoms with Gasteiger partial charge in [0.05, 0.1) is 6.93 Å². The van der Waals surface area contributed by atoms with Crippen molar-refractivity contribution in [3.8, 4) is 11.6 Å². The van der Waals surface area contributed by atoms with E-state index in [1.54, 1.807) is 18.2 Å². The van der Waals surface area contributed by atoms with Crippen LogP contribution in [0.1, 0.15) is 12.5 Å². The zero-order valence-electron chi connectivity index (χ0n) is 13.4. The average Bonchev–Trinajstić information content (AvgIpc) is 2.87. The van der Waals surface area contributed by atoms with Crippen molar-refractivity contribution >= 4 is 11.6 Å².